The van der Waals surface area contributed by atoms with Crippen LogP contribution in [0.3, 0.4) is 0 Å². The molecule has 2 aliphatic heterocycles. The number of hydrogen-bond donors (Lipinski definition) is 1. The maximum Gasteiger partial charge on any atom is 0.163 e. The van der Waals surface area contributed by atoms with E-state index >= 15 is 0 Å². The van der Waals surface area contributed by atoms with Gasteiger partial charge >= 0.3 is 0 Å². The van der Waals surface area contributed by atoms with Crippen molar-refractivity contribution in [1.29, 1.82) is 0 Å². The van der Waals surface area contributed by atoms with Crippen molar-refractivity contribution in [3.05, 3.63) is 41.5 Å². The summed E-state index contributed by atoms with van der Waals surface area (Å²) in [4.78, 5) is 15.4. The fourth-order valence-corrected chi connectivity index (χ4v) is 5.51. The van der Waals surface area contributed by atoms with Gasteiger partial charge in [0, 0.05) is 49.7 Å². The van der Waals surface area contributed by atoms with E-state index in [2.05, 4.69) is 45.1 Å². The predicted octanol–water partition coefficient (Wildman–Crippen LogP) is 6.23. The Morgan fingerprint density at radius 1 is 0.865 bits per heavy atom. The van der Waals surface area contributed by atoms with E-state index in [1.54, 1.807) is 0 Å². The van der Waals surface area contributed by atoms with Crippen LogP contribution < -0.4 is 5.32 Å². The van der Waals surface area contributed by atoms with Crippen LogP contribution in [-0.2, 0) is 16.0 Å². The molecular weight excluding hydrogens is 464 g/mol. The smallest absolute Gasteiger partial charge is 0.163 e. The zero-order valence-corrected chi connectivity index (χ0v) is 22.8. The molecule has 1 N–H and O–H groups in total. The summed E-state index contributed by atoms with van der Waals surface area (Å²) in [6, 6.07) is 8.63. The van der Waals surface area contributed by atoms with E-state index < -0.39 is 0 Å². The number of fused-ring (bicyclic) bond motifs is 1. The normalized spacial score (nSPS) is 25.6. The largest absolute Gasteiger partial charge is 0.458 e. The highest BCUT2D eigenvalue weighted by atomic mass is 16.5. The van der Waals surface area contributed by atoms with Crippen molar-refractivity contribution in [3.63, 3.8) is 0 Å². The lowest BCUT2D eigenvalue weighted by Crippen LogP contribution is -2.21. The molecule has 3 aromatic heterocycles. The molecule has 0 aromatic carbocycles. The van der Waals surface area contributed by atoms with Gasteiger partial charge in [0.15, 0.2) is 11.4 Å². The molecule has 0 bridgehead atoms. The summed E-state index contributed by atoms with van der Waals surface area (Å²) in [6.07, 6.45) is 5.23. The fraction of sp³-hybridized carbons (Fsp3) is 0.633. The minimum Gasteiger partial charge on any atom is -0.458 e. The first-order valence-electron chi connectivity index (χ1n) is 14.1. The van der Waals surface area contributed by atoms with Crippen LogP contribution in [0.5, 0.6) is 0 Å². The summed E-state index contributed by atoms with van der Waals surface area (Å²) in [5, 5.41) is 4.46. The van der Waals surface area contributed by atoms with Gasteiger partial charge in [-0.1, -0.05) is 27.7 Å². The Morgan fingerprint density at radius 2 is 1.65 bits per heavy atom. The van der Waals surface area contributed by atoms with Gasteiger partial charge in [0.1, 0.15) is 17.3 Å². The Bertz CT molecular complexity index is 1180. The summed E-state index contributed by atoms with van der Waals surface area (Å²) >= 11 is 0. The van der Waals surface area contributed by atoms with E-state index in [1.807, 2.05) is 12.1 Å². The number of rotatable bonds is 6. The zero-order chi connectivity index (χ0) is 25.8. The number of pyridine rings is 1. The summed E-state index contributed by atoms with van der Waals surface area (Å²) in [7, 11) is 0. The average Bonchev–Trinajstić information content (AvgIpc) is 3.25. The first-order valence-corrected chi connectivity index (χ1v) is 14.1. The molecule has 2 aliphatic rings. The Morgan fingerprint density at radius 3 is 2.46 bits per heavy atom. The molecule has 0 aliphatic carbocycles. The van der Waals surface area contributed by atoms with E-state index in [0.29, 0.717) is 30.3 Å². The minimum atomic E-state index is 0.284. The van der Waals surface area contributed by atoms with Gasteiger partial charge in [-0.25, -0.2) is 15.0 Å². The van der Waals surface area contributed by atoms with Crippen molar-refractivity contribution in [2.75, 3.05) is 26.4 Å². The SMILES string of the molecule is CC(C)NCc1ccc(-c2ccc3c(C4CCOC[C@H](C)CC4)nc(C4CCOC[C@H](C)C4)nc3n2)o1. The molecule has 7 heteroatoms. The number of furan rings is 1. The molecule has 4 atom stereocenters. The molecule has 0 saturated carbocycles. The Balaban J connectivity index is 1.53. The first kappa shape index (κ1) is 26.3. The number of ether oxygens (including phenoxy) is 2. The lowest BCUT2D eigenvalue weighted by atomic mass is 9.88. The zero-order valence-electron chi connectivity index (χ0n) is 22.8. The molecule has 0 amide bonds. The second kappa shape index (κ2) is 12.0. The molecule has 200 valence electrons. The lowest BCUT2D eigenvalue weighted by molar-refractivity contribution is 0.0809. The van der Waals surface area contributed by atoms with Crippen LogP contribution in [0.25, 0.3) is 22.5 Å². The van der Waals surface area contributed by atoms with Crippen LogP contribution in [0.1, 0.15) is 88.9 Å². The van der Waals surface area contributed by atoms with Crippen LogP contribution in [0.15, 0.2) is 28.7 Å². The monoisotopic (exact) mass is 506 g/mol. The van der Waals surface area contributed by atoms with Crippen LogP contribution in [0.4, 0.5) is 0 Å². The van der Waals surface area contributed by atoms with Crippen LogP contribution >= 0.6 is 0 Å². The molecule has 5 rings (SSSR count). The molecule has 5 heterocycles. The van der Waals surface area contributed by atoms with Gasteiger partial charge in [-0.2, -0.15) is 0 Å². The summed E-state index contributed by atoms with van der Waals surface area (Å²) < 4.78 is 17.9. The summed E-state index contributed by atoms with van der Waals surface area (Å²) in [6.45, 7) is 12.7. The second-order valence-electron chi connectivity index (χ2n) is 11.5. The maximum absolute atomic E-state index is 6.13. The van der Waals surface area contributed by atoms with Gasteiger partial charge in [-0.15, -0.1) is 0 Å². The van der Waals surface area contributed by atoms with E-state index in [0.717, 1.165) is 98.3 Å². The van der Waals surface area contributed by atoms with Crippen LogP contribution in [-0.4, -0.2) is 47.4 Å². The highest BCUT2D eigenvalue weighted by molar-refractivity contribution is 5.80. The first-order chi connectivity index (χ1) is 18.0. The van der Waals surface area contributed by atoms with E-state index in [9.17, 15) is 0 Å². The van der Waals surface area contributed by atoms with E-state index in [-0.39, 0.29) is 5.92 Å². The van der Waals surface area contributed by atoms with Crippen molar-refractivity contribution in [3.8, 4) is 11.5 Å². The van der Waals surface area contributed by atoms with E-state index in [1.165, 1.54) is 0 Å². The third kappa shape index (κ3) is 6.57. The predicted molar refractivity (Wildman–Crippen MR) is 146 cm³/mol. The number of nitrogens with one attached hydrogen (secondary N) is 1. The topological polar surface area (TPSA) is 82.3 Å². The van der Waals surface area contributed by atoms with E-state index in [4.69, 9.17) is 28.8 Å². The molecule has 3 aromatic rings. The number of nitrogens with zero attached hydrogens (tertiary/aromatic N) is 3. The lowest BCUT2D eigenvalue weighted by Gasteiger charge is -2.25. The fourth-order valence-electron chi connectivity index (χ4n) is 5.51. The van der Waals surface area contributed by atoms with Crippen molar-refractivity contribution in [2.45, 2.75) is 84.2 Å². The summed E-state index contributed by atoms with van der Waals surface area (Å²) in [5.41, 5.74) is 2.71. The Labute approximate surface area is 220 Å². The van der Waals surface area contributed by atoms with Gasteiger partial charge in [0.2, 0.25) is 0 Å². The standard InChI is InChI=1S/C30H42N4O3/c1-19(2)31-16-24-7-10-27(37-24)26-9-8-25-28(22-6-5-20(3)17-35-13-11-22)33-29(34-30(25)32-26)23-12-14-36-18-21(4)15-23/h7-10,19-23,31H,5-6,11-18H2,1-4H3/t20-,21-,22?,23?/m1/s1. The average molecular weight is 507 g/mol. The number of hydrogen-bond acceptors (Lipinski definition) is 7. The molecule has 2 fully saturated rings. The highest BCUT2D eigenvalue weighted by Gasteiger charge is 2.26. The molecule has 2 unspecified atom stereocenters. The minimum absolute atomic E-state index is 0.284. The quantitative estimate of drug-likeness (QED) is 0.424. The maximum atomic E-state index is 6.13. The van der Waals surface area contributed by atoms with Gasteiger partial charge in [-0.05, 0) is 68.2 Å². The van der Waals surface area contributed by atoms with Gasteiger partial charge in [-0.3, -0.25) is 0 Å². The van der Waals surface area contributed by atoms with Crippen LogP contribution in [0, 0.1) is 11.8 Å². The van der Waals surface area contributed by atoms with Crippen molar-refractivity contribution < 1.29 is 13.9 Å². The third-order valence-corrected chi connectivity index (χ3v) is 7.68. The molecular formula is C30H42N4O3. The molecule has 7 nitrogen and oxygen atoms in total. The Hall–Kier alpha value is -2.35. The van der Waals surface area contributed by atoms with Crippen LogP contribution in [0.2, 0.25) is 0 Å². The van der Waals surface area contributed by atoms with Crippen molar-refractivity contribution in [2.24, 2.45) is 11.8 Å². The van der Waals surface area contributed by atoms with Gasteiger partial charge in [0.05, 0.1) is 12.2 Å². The Kier molecular flexibility index (Phi) is 8.53. The van der Waals surface area contributed by atoms with Crippen molar-refractivity contribution >= 4 is 11.0 Å². The molecule has 37 heavy (non-hydrogen) atoms. The number of aromatic nitrogens is 3. The summed E-state index contributed by atoms with van der Waals surface area (Å²) in [5.74, 6) is 4.29. The second-order valence-corrected chi connectivity index (χ2v) is 11.5. The molecule has 2 saturated heterocycles. The molecule has 0 spiro atoms. The van der Waals surface area contributed by atoms with Gasteiger partial charge < -0.3 is 19.2 Å². The molecule has 0 radical (unpaired) electrons. The highest BCUT2D eigenvalue weighted by Crippen LogP contribution is 2.36. The third-order valence-electron chi connectivity index (χ3n) is 7.68. The van der Waals surface area contributed by atoms with Gasteiger partial charge in [0.25, 0.3) is 0 Å². The van der Waals surface area contributed by atoms with Crippen molar-refractivity contribution in [1.82, 2.24) is 20.3 Å².